The van der Waals surface area contributed by atoms with E-state index in [2.05, 4.69) is 5.32 Å². The molecule has 0 saturated carbocycles. The minimum Gasteiger partial charge on any atom is -0.468 e. The number of thioether (sulfide) groups is 1. The summed E-state index contributed by atoms with van der Waals surface area (Å²) < 4.78 is 5.25. The molecule has 1 heterocycles. The highest BCUT2D eigenvalue weighted by Gasteiger charge is 2.13. The highest BCUT2D eigenvalue weighted by atomic mass is 32.2. The van der Waals surface area contributed by atoms with Crippen molar-refractivity contribution in [2.24, 2.45) is 0 Å². The van der Waals surface area contributed by atoms with Gasteiger partial charge in [0.2, 0.25) is 0 Å². The molecule has 2 aromatic rings. The quantitative estimate of drug-likeness (QED) is 0.616. The summed E-state index contributed by atoms with van der Waals surface area (Å²) in [7, 11) is 0. The first-order valence-electron chi connectivity index (χ1n) is 6.32. The highest BCUT2D eigenvalue weighted by molar-refractivity contribution is 7.97. The molecule has 0 fully saturated rings. The second kappa shape index (κ2) is 7.00. The zero-order valence-electron chi connectivity index (χ0n) is 11.2. The first-order chi connectivity index (χ1) is 9.70. The maximum atomic E-state index is 11.1. The lowest BCUT2D eigenvalue weighted by molar-refractivity contribution is -0.384. The van der Waals surface area contributed by atoms with Crippen molar-refractivity contribution >= 4 is 23.1 Å². The van der Waals surface area contributed by atoms with Crippen molar-refractivity contribution in [1.29, 1.82) is 0 Å². The second-order valence-corrected chi connectivity index (χ2v) is 5.20. The van der Waals surface area contributed by atoms with Crippen LogP contribution in [-0.2, 0) is 11.5 Å². The number of nitro benzene ring substituents is 1. The number of furan rings is 1. The smallest absolute Gasteiger partial charge is 0.292 e. The van der Waals surface area contributed by atoms with Gasteiger partial charge in [-0.05, 0) is 30.7 Å². The molecule has 2 rings (SSSR count). The summed E-state index contributed by atoms with van der Waals surface area (Å²) in [6, 6.07) is 9.09. The molecule has 0 amide bonds. The van der Waals surface area contributed by atoms with E-state index in [0.29, 0.717) is 18.0 Å². The largest absolute Gasteiger partial charge is 0.468 e. The van der Waals surface area contributed by atoms with Gasteiger partial charge in [-0.2, -0.15) is 0 Å². The fraction of sp³-hybridized carbons (Fsp3) is 0.286. The van der Waals surface area contributed by atoms with Gasteiger partial charge in [0.1, 0.15) is 11.4 Å². The van der Waals surface area contributed by atoms with Crippen LogP contribution in [-0.4, -0.2) is 11.5 Å². The average molecular weight is 292 g/mol. The van der Waals surface area contributed by atoms with E-state index >= 15 is 0 Å². The summed E-state index contributed by atoms with van der Waals surface area (Å²) in [4.78, 5) is 10.7. The van der Waals surface area contributed by atoms with E-state index in [0.717, 1.165) is 17.1 Å². The van der Waals surface area contributed by atoms with Crippen molar-refractivity contribution in [2.75, 3.05) is 11.9 Å². The first-order valence-corrected chi connectivity index (χ1v) is 7.47. The van der Waals surface area contributed by atoms with Crippen molar-refractivity contribution in [3.8, 4) is 0 Å². The normalized spacial score (nSPS) is 10.4. The van der Waals surface area contributed by atoms with Crippen molar-refractivity contribution in [2.45, 2.75) is 18.4 Å². The van der Waals surface area contributed by atoms with Crippen molar-refractivity contribution in [3.05, 3.63) is 58.0 Å². The fourth-order valence-corrected chi connectivity index (χ4v) is 2.70. The molecule has 106 valence electrons. The number of hydrogen-bond acceptors (Lipinski definition) is 5. The Bertz CT molecular complexity index is 570. The Morgan fingerprint density at radius 2 is 2.20 bits per heavy atom. The summed E-state index contributed by atoms with van der Waals surface area (Å²) in [5.74, 6) is 2.39. The van der Waals surface area contributed by atoms with Crippen LogP contribution in [0.5, 0.6) is 0 Å². The zero-order chi connectivity index (χ0) is 14.4. The molecular weight excluding hydrogens is 276 g/mol. The Hall–Kier alpha value is -1.95. The molecule has 0 radical (unpaired) electrons. The van der Waals surface area contributed by atoms with Gasteiger partial charge in [0, 0.05) is 18.4 Å². The zero-order valence-corrected chi connectivity index (χ0v) is 12.0. The summed E-state index contributed by atoms with van der Waals surface area (Å²) in [5.41, 5.74) is 1.63. The highest BCUT2D eigenvalue weighted by Crippen LogP contribution is 2.28. The molecule has 0 bridgehead atoms. The molecule has 6 heteroatoms. The number of nitrogens with zero attached hydrogens (tertiary/aromatic N) is 1. The van der Waals surface area contributed by atoms with E-state index in [1.165, 1.54) is 0 Å². The summed E-state index contributed by atoms with van der Waals surface area (Å²) >= 11 is 1.67. The Kier molecular flexibility index (Phi) is 5.06. The molecule has 1 aromatic carbocycles. The molecular formula is C14H16N2O3S. The number of nitro groups is 1. The lowest BCUT2D eigenvalue weighted by Crippen LogP contribution is -2.01. The Labute approximate surface area is 121 Å². The van der Waals surface area contributed by atoms with Crippen LogP contribution in [0.1, 0.15) is 18.2 Å². The van der Waals surface area contributed by atoms with Crippen LogP contribution in [0.3, 0.4) is 0 Å². The first kappa shape index (κ1) is 14.5. The van der Waals surface area contributed by atoms with Gasteiger partial charge in [-0.25, -0.2) is 0 Å². The van der Waals surface area contributed by atoms with Gasteiger partial charge in [0.05, 0.1) is 16.9 Å². The molecule has 0 atom stereocenters. The van der Waals surface area contributed by atoms with E-state index in [1.807, 2.05) is 25.1 Å². The van der Waals surface area contributed by atoms with Gasteiger partial charge >= 0.3 is 0 Å². The standard InChI is InChI=1S/C14H16N2O3S/c1-2-15-13-6-5-11(8-14(13)16(17)18)9-20-10-12-4-3-7-19-12/h3-8,15H,2,9-10H2,1H3. The van der Waals surface area contributed by atoms with E-state index in [9.17, 15) is 10.1 Å². The van der Waals surface area contributed by atoms with Crippen molar-refractivity contribution in [1.82, 2.24) is 0 Å². The van der Waals surface area contributed by atoms with Crippen LogP contribution in [0.2, 0.25) is 0 Å². The Balaban J connectivity index is 2.01. The topological polar surface area (TPSA) is 68.3 Å². The maximum absolute atomic E-state index is 11.1. The number of hydrogen-bond donors (Lipinski definition) is 1. The summed E-state index contributed by atoms with van der Waals surface area (Å²) in [5, 5.41) is 14.1. The molecule has 0 aliphatic carbocycles. The van der Waals surface area contributed by atoms with Gasteiger partial charge in [-0.15, -0.1) is 11.8 Å². The van der Waals surface area contributed by atoms with Gasteiger partial charge in [-0.3, -0.25) is 10.1 Å². The molecule has 20 heavy (non-hydrogen) atoms. The van der Waals surface area contributed by atoms with Crippen molar-refractivity contribution < 1.29 is 9.34 Å². The third kappa shape index (κ3) is 3.77. The molecule has 0 spiro atoms. The summed E-state index contributed by atoms with van der Waals surface area (Å²) in [6.45, 7) is 2.57. The van der Waals surface area contributed by atoms with Crippen LogP contribution in [0.4, 0.5) is 11.4 Å². The van der Waals surface area contributed by atoms with E-state index in [1.54, 1.807) is 30.2 Å². The summed E-state index contributed by atoms with van der Waals surface area (Å²) in [6.07, 6.45) is 1.64. The monoisotopic (exact) mass is 292 g/mol. The van der Waals surface area contributed by atoms with Gasteiger partial charge in [-0.1, -0.05) is 6.07 Å². The minimum absolute atomic E-state index is 0.128. The van der Waals surface area contributed by atoms with E-state index in [-0.39, 0.29) is 10.6 Å². The molecule has 0 unspecified atom stereocenters. The molecule has 5 nitrogen and oxygen atoms in total. The lowest BCUT2D eigenvalue weighted by Gasteiger charge is -2.06. The van der Waals surface area contributed by atoms with Crippen LogP contribution < -0.4 is 5.32 Å². The van der Waals surface area contributed by atoms with Crippen LogP contribution in [0.25, 0.3) is 0 Å². The third-order valence-corrected chi connectivity index (χ3v) is 3.75. The number of rotatable bonds is 7. The number of anilines is 1. The molecule has 0 aliphatic heterocycles. The van der Waals surface area contributed by atoms with Gasteiger partial charge in [0.15, 0.2) is 0 Å². The Morgan fingerprint density at radius 3 is 2.85 bits per heavy atom. The lowest BCUT2D eigenvalue weighted by atomic mass is 10.2. The van der Waals surface area contributed by atoms with Gasteiger partial charge < -0.3 is 9.73 Å². The molecule has 1 N–H and O–H groups in total. The SMILES string of the molecule is CCNc1ccc(CSCc2ccco2)cc1[N+](=O)[O-]. The van der Waals surface area contributed by atoms with Crippen LogP contribution in [0.15, 0.2) is 41.0 Å². The van der Waals surface area contributed by atoms with E-state index < -0.39 is 0 Å². The molecule has 1 aromatic heterocycles. The van der Waals surface area contributed by atoms with Crippen LogP contribution >= 0.6 is 11.8 Å². The van der Waals surface area contributed by atoms with Crippen LogP contribution in [0, 0.1) is 10.1 Å². The van der Waals surface area contributed by atoms with Crippen molar-refractivity contribution in [3.63, 3.8) is 0 Å². The molecule has 0 saturated heterocycles. The fourth-order valence-electron chi connectivity index (χ4n) is 1.82. The average Bonchev–Trinajstić information content (AvgIpc) is 2.93. The van der Waals surface area contributed by atoms with Gasteiger partial charge in [0.25, 0.3) is 5.69 Å². The predicted molar refractivity (Wildman–Crippen MR) is 81.0 cm³/mol. The second-order valence-electron chi connectivity index (χ2n) is 4.21. The minimum atomic E-state index is -0.349. The van der Waals surface area contributed by atoms with E-state index in [4.69, 9.17) is 4.42 Å². The third-order valence-electron chi connectivity index (χ3n) is 2.72. The number of nitrogens with one attached hydrogen (secondary N) is 1. The molecule has 0 aliphatic rings. The number of benzene rings is 1. The Morgan fingerprint density at radius 1 is 1.35 bits per heavy atom. The maximum Gasteiger partial charge on any atom is 0.292 e. The predicted octanol–water partition coefficient (Wildman–Crippen LogP) is 4.05.